The normalized spacial score (nSPS) is 13.6. The van der Waals surface area contributed by atoms with Crippen LogP contribution in [0.15, 0.2) is 84.9 Å². The molecule has 2 atom stereocenters. The SMILES string of the molecule is OCC(NC(c1cccc(Oc2cccc(Cl)c2Cl)c1)c1cc(C(F)(F)F)ccc1F)c1cccc(C(F)(F)F)c1. The highest BCUT2D eigenvalue weighted by atomic mass is 35.5. The van der Waals surface area contributed by atoms with Crippen molar-refractivity contribution in [2.75, 3.05) is 6.61 Å². The summed E-state index contributed by atoms with van der Waals surface area (Å²) in [4.78, 5) is 0. The first kappa shape index (κ1) is 30.6. The van der Waals surface area contributed by atoms with Crippen LogP contribution in [0.25, 0.3) is 0 Å². The number of rotatable bonds is 8. The van der Waals surface area contributed by atoms with Crippen molar-refractivity contribution < 1.29 is 40.6 Å². The van der Waals surface area contributed by atoms with E-state index >= 15 is 4.39 Å². The molecule has 12 heteroatoms. The minimum absolute atomic E-state index is 0.0159. The van der Waals surface area contributed by atoms with Crippen LogP contribution in [-0.4, -0.2) is 11.7 Å². The van der Waals surface area contributed by atoms with E-state index in [1.807, 2.05) is 0 Å². The fourth-order valence-corrected chi connectivity index (χ4v) is 4.47. The van der Waals surface area contributed by atoms with Crippen molar-refractivity contribution in [2.45, 2.75) is 24.4 Å². The summed E-state index contributed by atoms with van der Waals surface area (Å²) in [6.07, 6.45) is -9.49. The predicted molar refractivity (Wildman–Crippen MR) is 141 cm³/mol. The Morgan fingerprint density at radius 2 is 1.39 bits per heavy atom. The zero-order valence-electron chi connectivity index (χ0n) is 20.7. The molecule has 0 fully saturated rings. The molecule has 4 aromatic carbocycles. The standard InChI is InChI=1S/C29H20Cl2F7NO2/c30-22-8-3-9-25(26(22)31)41-20-7-2-5-17(13-20)27(21-14-19(29(36,37)38)10-11-23(21)32)39-24(15-40)16-4-1-6-18(12-16)28(33,34)35/h1-14,24,27,39-40H,15H2. The van der Waals surface area contributed by atoms with E-state index in [1.165, 1.54) is 42.5 Å². The molecule has 0 radical (unpaired) electrons. The highest BCUT2D eigenvalue weighted by Crippen LogP contribution is 2.38. The molecule has 0 saturated carbocycles. The Morgan fingerprint density at radius 3 is 2.07 bits per heavy atom. The highest BCUT2D eigenvalue weighted by Gasteiger charge is 2.34. The Hall–Kier alpha value is -3.31. The molecule has 0 heterocycles. The predicted octanol–water partition coefficient (Wildman–Crippen LogP) is 9.37. The van der Waals surface area contributed by atoms with E-state index in [9.17, 15) is 31.4 Å². The molecular weight excluding hydrogens is 598 g/mol. The topological polar surface area (TPSA) is 41.5 Å². The Balaban J connectivity index is 1.80. The van der Waals surface area contributed by atoms with Crippen LogP contribution < -0.4 is 10.1 Å². The Morgan fingerprint density at radius 1 is 0.756 bits per heavy atom. The molecule has 0 aliphatic carbocycles. The van der Waals surface area contributed by atoms with Crippen molar-refractivity contribution in [3.8, 4) is 11.5 Å². The molecular formula is C29H20Cl2F7NO2. The number of benzene rings is 4. The van der Waals surface area contributed by atoms with Crippen LogP contribution in [0.5, 0.6) is 11.5 Å². The summed E-state index contributed by atoms with van der Waals surface area (Å²) in [5, 5.41) is 13.2. The Labute approximate surface area is 240 Å². The largest absolute Gasteiger partial charge is 0.456 e. The van der Waals surface area contributed by atoms with E-state index in [2.05, 4.69) is 5.32 Å². The molecule has 0 bridgehead atoms. The first-order valence-corrected chi connectivity index (χ1v) is 12.7. The summed E-state index contributed by atoms with van der Waals surface area (Å²) in [5.41, 5.74) is -2.42. The molecule has 216 valence electrons. The molecule has 4 rings (SSSR count). The lowest BCUT2D eigenvalue weighted by Crippen LogP contribution is -2.31. The maximum atomic E-state index is 15.1. The fourth-order valence-electron chi connectivity index (χ4n) is 4.14. The van der Waals surface area contributed by atoms with Gasteiger partial charge in [-0.05, 0) is 65.7 Å². The van der Waals surface area contributed by atoms with Crippen molar-refractivity contribution in [1.29, 1.82) is 0 Å². The van der Waals surface area contributed by atoms with E-state index in [4.69, 9.17) is 27.9 Å². The molecule has 0 aliphatic heterocycles. The van der Waals surface area contributed by atoms with Crippen LogP contribution in [0.2, 0.25) is 10.0 Å². The van der Waals surface area contributed by atoms with Crippen molar-refractivity contribution in [2.24, 2.45) is 0 Å². The monoisotopic (exact) mass is 617 g/mol. The lowest BCUT2D eigenvalue weighted by atomic mass is 9.94. The summed E-state index contributed by atoms with van der Waals surface area (Å²) in [5.74, 6) is -0.686. The summed E-state index contributed by atoms with van der Waals surface area (Å²) >= 11 is 12.2. The first-order valence-electron chi connectivity index (χ1n) is 11.9. The maximum Gasteiger partial charge on any atom is 0.416 e. The van der Waals surface area contributed by atoms with Gasteiger partial charge in [-0.3, -0.25) is 5.32 Å². The second-order valence-corrected chi connectivity index (χ2v) is 9.70. The zero-order chi connectivity index (χ0) is 29.9. The number of hydrogen-bond acceptors (Lipinski definition) is 3. The van der Waals surface area contributed by atoms with Crippen LogP contribution in [0, 0.1) is 5.82 Å². The maximum absolute atomic E-state index is 15.1. The number of halogens is 9. The summed E-state index contributed by atoms with van der Waals surface area (Å²) in [7, 11) is 0. The average molecular weight is 618 g/mol. The number of aliphatic hydroxyl groups excluding tert-OH is 1. The van der Waals surface area contributed by atoms with E-state index < -0.39 is 53.6 Å². The van der Waals surface area contributed by atoms with Crippen molar-refractivity contribution >= 4 is 23.2 Å². The van der Waals surface area contributed by atoms with E-state index in [0.717, 1.165) is 18.2 Å². The van der Waals surface area contributed by atoms with Gasteiger partial charge in [-0.25, -0.2) is 4.39 Å². The molecule has 4 aromatic rings. The van der Waals surface area contributed by atoms with Crippen molar-refractivity contribution in [1.82, 2.24) is 5.32 Å². The quantitative estimate of drug-likeness (QED) is 0.194. The molecule has 0 amide bonds. The summed E-state index contributed by atoms with van der Waals surface area (Å²) in [6.45, 7) is -0.757. The lowest BCUT2D eigenvalue weighted by Gasteiger charge is -2.27. The molecule has 3 nitrogen and oxygen atoms in total. The van der Waals surface area contributed by atoms with E-state index in [1.54, 1.807) is 6.07 Å². The third-order valence-electron chi connectivity index (χ3n) is 6.14. The fraction of sp³-hybridized carbons (Fsp3) is 0.172. The second-order valence-electron chi connectivity index (χ2n) is 8.92. The van der Waals surface area contributed by atoms with Gasteiger partial charge in [0.1, 0.15) is 22.3 Å². The minimum atomic E-state index is -4.81. The van der Waals surface area contributed by atoms with Gasteiger partial charge in [0.15, 0.2) is 0 Å². The van der Waals surface area contributed by atoms with E-state index in [0.29, 0.717) is 18.2 Å². The zero-order valence-corrected chi connectivity index (χ0v) is 22.2. The smallest absolute Gasteiger partial charge is 0.416 e. The first-order chi connectivity index (χ1) is 19.3. The van der Waals surface area contributed by atoms with Gasteiger partial charge >= 0.3 is 12.4 Å². The Bertz CT molecular complexity index is 1530. The van der Waals surface area contributed by atoms with Crippen LogP contribution in [0.1, 0.15) is 39.9 Å². The van der Waals surface area contributed by atoms with Gasteiger partial charge in [0.05, 0.1) is 34.8 Å². The molecule has 0 spiro atoms. The van der Waals surface area contributed by atoms with Gasteiger partial charge in [0.25, 0.3) is 0 Å². The number of hydrogen-bond donors (Lipinski definition) is 2. The van der Waals surface area contributed by atoms with Crippen molar-refractivity contribution in [3.05, 3.63) is 129 Å². The van der Waals surface area contributed by atoms with Crippen molar-refractivity contribution in [3.63, 3.8) is 0 Å². The van der Waals surface area contributed by atoms with Gasteiger partial charge in [-0.1, -0.05) is 53.5 Å². The average Bonchev–Trinajstić information content (AvgIpc) is 2.92. The molecule has 2 unspecified atom stereocenters. The lowest BCUT2D eigenvalue weighted by molar-refractivity contribution is -0.138. The van der Waals surface area contributed by atoms with Gasteiger partial charge in [0, 0.05) is 5.56 Å². The number of aliphatic hydroxyl groups is 1. The van der Waals surface area contributed by atoms with Crippen LogP contribution in [-0.2, 0) is 12.4 Å². The second kappa shape index (κ2) is 12.3. The number of nitrogens with one attached hydrogen (secondary N) is 1. The highest BCUT2D eigenvalue weighted by molar-refractivity contribution is 6.42. The number of alkyl halides is 6. The van der Waals surface area contributed by atoms with Crippen LogP contribution in [0.4, 0.5) is 30.7 Å². The number of ether oxygens (including phenoxy) is 1. The van der Waals surface area contributed by atoms with Crippen LogP contribution >= 0.6 is 23.2 Å². The summed E-state index contributed by atoms with van der Waals surface area (Å²) in [6, 6.07) is 13.8. The third kappa shape index (κ3) is 7.32. The third-order valence-corrected chi connectivity index (χ3v) is 6.94. The van der Waals surface area contributed by atoms with Gasteiger partial charge in [-0.2, -0.15) is 26.3 Å². The molecule has 0 saturated heterocycles. The van der Waals surface area contributed by atoms with E-state index in [-0.39, 0.29) is 32.7 Å². The summed E-state index contributed by atoms with van der Waals surface area (Å²) < 4.78 is 102. The van der Waals surface area contributed by atoms with Gasteiger partial charge in [0.2, 0.25) is 0 Å². The molecule has 0 aliphatic rings. The molecule has 2 N–H and O–H groups in total. The van der Waals surface area contributed by atoms with Gasteiger partial charge in [-0.15, -0.1) is 0 Å². The van der Waals surface area contributed by atoms with Crippen LogP contribution in [0.3, 0.4) is 0 Å². The molecule has 41 heavy (non-hydrogen) atoms. The Kier molecular flexibility index (Phi) is 9.18. The molecule has 0 aromatic heterocycles. The van der Waals surface area contributed by atoms with Gasteiger partial charge < -0.3 is 9.84 Å². The minimum Gasteiger partial charge on any atom is -0.456 e.